The second kappa shape index (κ2) is 5.85. The monoisotopic (exact) mass is 308 g/mol. The number of amides is 1. The first-order valence-corrected chi connectivity index (χ1v) is 7.82. The van der Waals surface area contributed by atoms with Gasteiger partial charge in [0.05, 0.1) is 11.9 Å². The molecule has 5 nitrogen and oxygen atoms in total. The molecule has 2 aromatic rings. The van der Waals surface area contributed by atoms with Gasteiger partial charge in [-0.05, 0) is 24.3 Å². The summed E-state index contributed by atoms with van der Waals surface area (Å²) < 4.78 is 1.59. The van der Waals surface area contributed by atoms with Gasteiger partial charge in [-0.3, -0.25) is 4.79 Å². The standard InChI is InChI=1S/C13H13ClN4OS/c14-10-1-3-11(4-2-10)18-9-12(15-16-18)13(19)17-5-7-20-8-6-17/h1-4,9H,5-8H2. The SMILES string of the molecule is O=C(c1cn(-c2ccc(Cl)cc2)nn1)N1CCSCC1. The molecule has 1 aromatic carbocycles. The van der Waals surface area contributed by atoms with E-state index in [4.69, 9.17) is 11.6 Å². The number of carbonyl (C=O) groups is 1. The lowest BCUT2D eigenvalue weighted by atomic mass is 10.3. The number of benzene rings is 1. The van der Waals surface area contributed by atoms with Crippen molar-refractivity contribution in [1.82, 2.24) is 19.9 Å². The smallest absolute Gasteiger partial charge is 0.276 e. The van der Waals surface area contributed by atoms with Gasteiger partial charge in [0.1, 0.15) is 0 Å². The zero-order valence-corrected chi connectivity index (χ0v) is 12.3. The fourth-order valence-corrected chi connectivity index (χ4v) is 3.04. The van der Waals surface area contributed by atoms with Gasteiger partial charge in [-0.1, -0.05) is 16.8 Å². The van der Waals surface area contributed by atoms with E-state index >= 15 is 0 Å². The lowest BCUT2D eigenvalue weighted by Gasteiger charge is -2.25. The van der Waals surface area contributed by atoms with Gasteiger partial charge in [-0.2, -0.15) is 11.8 Å². The second-order valence-electron chi connectivity index (χ2n) is 4.43. The average Bonchev–Trinajstić information content (AvgIpc) is 2.98. The lowest BCUT2D eigenvalue weighted by Crippen LogP contribution is -2.38. The van der Waals surface area contributed by atoms with Gasteiger partial charge in [0, 0.05) is 29.6 Å². The maximum atomic E-state index is 12.3. The van der Waals surface area contributed by atoms with E-state index in [0.717, 1.165) is 30.3 Å². The van der Waals surface area contributed by atoms with Crippen LogP contribution in [0.2, 0.25) is 5.02 Å². The molecule has 0 radical (unpaired) electrons. The Bertz CT molecular complexity index is 607. The van der Waals surface area contributed by atoms with E-state index in [1.54, 1.807) is 23.0 Å². The third-order valence-corrected chi connectivity index (χ3v) is 4.30. The fraction of sp³-hybridized carbons (Fsp3) is 0.308. The number of aromatic nitrogens is 3. The topological polar surface area (TPSA) is 51.0 Å². The molecule has 0 bridgehead atoms. The molecule has 3 rings (SSSR count). The Morgan fingerprint density at radius 2 is 1.90 bits per heavy atom. The highest BCUT2D eigenvalue weighted by Gasteiger charge is 2.21. The summed E-state index contributed by atoms with van der Waals surface area (Å²) in [5.41, 5.74) is 1.21. The van der Waals surface area contributed by atoms with Crippen LogP contribution in [0.15, 0.2) is 30.5 Å². The van der Waals surface area contributed by atoms with Crippen LogP contribution in [0.25, 0.3) is 5.69 Å². The van der Waals surface area contributed by atoms with Crippen LogP contribution in [0.4, 0.5) is 0 Å². The molecule has 1 amide bonds. The molecule has 0 spiro atoms. The Hall–Kier alpha value is -1.53. The van der Waals surface area contributed by atoms with Crippen LogP contribution >= 0.6 is 23.4 Å². The first-order valence-electron chi connectivity index (χ1n) is 6.29. The molecule has 1 fully saturated rings. The summed E-state index contributed by atoms with van der Waals surface area (Å²) in [5, 5.41) is 8.64. The van der Waals surface area contributed by atoms with Gasteiger partial charge in [0.15, 0.2) is 5.69 Å². The molecule has 0 atom stereocenters. The number of hydrogen-bond acceptors (Lipinski definition) is 4. The van der Waals surface area contributed by atoms with Crippen molar-refractivity contribution in [1.29, 1.82) is 0 Å². The molecule has 1 aliphatic heterocycles. The van der Waals surface area contributed by atoms with E-state index in [1.165, 1.54) is 0 Å². The van der Waals surface area contributed by atoms with Gasteiger partial charge < -0.3 is 4.90 Å². The van der Waals surface area contributed by atoms with Crippen LogP contribution in [0, 0.1) is 0 Å². The first-order chi connectivity index (χ1) is 9.74. The molecule has 0 saturated carbocycles. The normalized spacial score (nSPS) is 15.3. The van der Waals surface area contributed by atoms with Crippen molar-refractivity contribution in [2.45, 2.75) is 0 Å². The molecule has 7 heteroatoms. The van der Waals surface area contributed by atoms with Crippen LogP contribution < -0.4 is 0 Å². The maximum Gasteiger partial charge on any atom is 0.276 e. The molecule has 1 aliphatic rings. The Morgan fingerprint density at radius 1 is 1.20 bits per heavy atom. The summed E-state index contributed by atoms with van der Waals surface area (Å²) in [6, 6.07) is 7.23. The summed E-state index contributed by atoms with van der Waals surface area (Å²) in [6.45, 7) is 1.55. The minimum absolute atomic E-state index is 0.0505. The van der Waals surface area contributed by atoms with E-state index in [2.05, 4.69) is 10.3 Å². The van der Waals surface area contributed by atoms with Crippen molar-refractivity contribution in [3.05, 3.63) is 41.2 Å². The predicted molar refractivity (Wildman–Crippen MR) is 79.6 cm³/mol. The maximum absolute atomic E-state index is 12.3. The summed E-state index contributed by atoms with van der Waals surface area (Å²) in [7, 11) is 0. The van der Waals surface area contributed by atoms with E-state index in [0.29, 0.717) is 10.7 Å². The van der Waals surface area contributed by atoms with Crippen LogP contribution in [0.5, 0.6) is 0 Å². The largest absolute Gasteiger partial charge is 0.336 e. The number of rotatable bonds is 2. The number of thioether (sulfide) groups is 1. The second-order valence-corrected chi connectivity index (χ2v) is 6.09. The molecule has 1 aromatic heterocycles. The quantitative estimate of drug-likeness (QED) is 0.852. The Kier molecular flexibility index (Phi) is 3.93. The summed E-state index contributed by atoms with van der Waals surface area (Å²) in [6.07, 6.45) is 1.66. The first kappa shape index (κ1) is 13.5. The van der Waals surface area contributed by atoms with Crippen molar-refractivity contribution in [3.63, 3.8) is 0 Å². The molecular weight excluding hydrogens is 296 g/mol. The summed E-state index contributed by atoms with van der Waals surface area (Å²) >= 11 is 7.72. The van der Waals surface area contributed by atoms with Crippen LogP contribution in [0.1, 0.15) is 10.5 Å². The number of nitrogens with zero attached hydrogens (tertiary/aromatic N) is 4. The van der Waals surface area contributed by atoms with Gasteiger partial charge in [0.25, 0.3) is 5.91 Å². The zero-order chi connectivity index (χ0) is 13.9. The Balaban J connectivity index is 1.79. The van der Waals surface area contributed by atoms with Gasteiger partial charge >= 0.3 is 0 Å². The van der Waals surface area contributed by atoms with Gasteiger partial charge in [-0.15, -0.1) is 5.10 Å². The number of carbonyl (C=O) groups excluding carboxylic acids is 1. The summed E-state index contributed by atoms with van der Waals surface area (Å²) in [4.78, 5) is 14.1. The average molecular weight is 309 g/mol. The molecule has 2 heterocycles. The third-order valence-electron chi connectivity index (χ3n) is 3.10. The zero-order valence-electron chi connectivity index (χ0n) is 10.7. The molecule has 20 heavy (non-hydrogen) atoms. The highest BCUT2D eigenvalue weighted by Crippen LogP contribution is 2.15. The van der Waals surface area contributed by atoms with Crippen molar-refractivity contribution < 1.29 is 4.79 Å². The van der Waals surface area contributed by atoms with E-state index < -0.39 is 0 Å². The van der Waals surface area contributed by atoms with Crippen molar-refractivity contribution in [2.24, 2.45) is 0 Å². The lowest BCUT2D eigenvalue weighted by molar-refractivity contribution is 0.0766. The molecule has 0 aliphatic carbocycles. The fourth-order valence-electron chi connectivity index (χ4n) is 2.01. The minimum atomic E-state index is -0.0505. The minimum Gasteiger partial charge on any atom is -0.336 e. The van der Waals surface area contributed by atoms with Crippen molar-refractivity contribution in [3.8, 4) is 5.69 Å². The van der Waals surface area contributed by atoms with E-state index in [-0.39, 0.29) is 5.91 Å². The van der Waals surface area contributed by atoms with Crippen LogP contribution in [-0.2, 0) is 0 Å². The van der Waals surface area contributed by atoms with E-state index in [9.17, 15) is 4.79 Å². The Labute approximate surface area is 125 Å². The third kappa shape index (κ3) is 2.81. The molecule has 0 N–H and O–H groups in total. The Morgan fingerprint density at radius 3 is 2.60 bits per heavy atom. The number of halogens is 1. The summed E-state index contributed by atoms with van der Waals surface area (Å²) in [5.74, 6) is 1.92. The highest BCUT2D eigenvalue weighted by atomic mass is 35.5. The highest BCUT2D eigenvalue weighted by molar-refractivity contribution is 7.99. The molecule has 104 valence electrons. The van der Waals surface area contributed by atoms with Gasteiger partial charge in [-0.25, -0.2) is 4.68 Å². The van der Waals surface area contributed by atoms with Crippen LogP contribution in [0.3, 0.4) is 0 Å². The molecular formula is C13H13ClN4OS. The van der Waals surface area contributed by atoms with Crippen LogP contribution in [-0.4, -0.2) is 50.4 Å². The van der Waals surface area contributed by atoms with Crippen molar-refractivity contribution >= 4 is 29.3 Å². The predicted octanol–water partition coefficient (Wildman–Crippen LogP) is 2.11. The number of hydrogen-bond donors (Lipinski definition) is 0. The molecule has 1 saturated heterocycles. The molecule has 0 unspecified atom stereocenters. The van der Waals surface area contributed by atoms with Crippen molar-refractivity contribution in [2.75, 3.05) is 24.6 Å². The van der Waals surface area contributed by atoms with Gasteiger partial charge in [0.2, 0.25) is 0 Å². The van der Waals surface area contributed by atoms with E-state index in [1.807, 2.05) is 28.8 Å².